The maximum atomic E-state index is 9.24. The van der Waals surface area contributed by atoms with Gasteiger partial charge in [0.25, 0.3) is 0 Å². The van der Waals surface area contributed by atoms with Gasteiger partial charge in [-0.15, -0.1) is 0 Å². The van der Waals surface area contributed by atoms with Crippen molar-refractivity contribution >= 4 is 0 Å². The Morgan fingerprint density at radius 2 is 2.36 bits per heavy atom. The Kier molecular flexibility index (Phi) is 1.62. The summed E-state index contributed by atoms with van der Waals surface area (Å²) in [7, 11) is 0. The number of aliphatic hydroxyl groups is 1. The predicted molar refractivity (Wildman–Crippen MR) is 38.9 cm³/mol. The lowest BCUT2D eigenvalue weighted by atomic mass is 10.2. The van der Waals surface area contributed by atoms with Crippen molar-refractivity contribution in [1.82, 2.24) is 14.8 Å². The molecule has 2 unspecified atom stereocenters. The fourth-order valence-corrected chi connectivity index (χ4v) is 1.58. The summed E-state index contributed by atoms with van der Waals surface area (Å²) in [5, 5.41) is 13.3. The van der Waals surface area contributed by atoms with Crippen molar-refractivity contribution in [2.75, 3.05) is 0 Å². The molecular formula is C7H11N3O. The molecule has 1 aromatic heterocycles. The maximum Gasteiger partial charge on any atom is 0.137 e. The summed E-state index contributed by atoms with van der Waals surface area (Å²) in [6, 6.07) is 0.368. The molecule has 1 aromatic rings. The lowest BCUT2D eigenvalue weighted by molar-refractivity contribution is 0.177. The maximum absolute atomic E-state index is 9.24. The van der Waals surface area contributed by atoms with Gasteiger partial charge >= 0.3 is 0 Å². The SMILES string of the molecule is OC1CCC(n2cncn2)C1. The van der Waals surface area contributed by atoms with Crippen LogP contribution in [0.4, 0.5) is 0 Å². The minimum absolute atomic E-state index is 0.135. The Labute approximate surface area is 64.9 Å². The highest BCUT2D eigenvalue weighted by Gasteiger charge is 2.24. The van der Waals surface area contributed by atoms with Gasteiger partial charge in [-0.3, -0.25) is 0 Å². The van der Waals surface area contributed by atoms with Crippen LogP contribution in [0.2, 0.25) is 0 Å². The molecule has 0 radical (unpaired) electrons. The first kappa shape index (κ1) is 6.79. The van der Waals surface area contributed by atoms with Crippen LogP contribution in [0.3, 0.4) is 0 Å². The summed E-state index contributed by atoms with van der Waals surface area (Å²) in [6.07, 6.45) is 5.84. The van der Waals surface area contributed by atoms with Crippen LogP contribution in [0, 0.1) is 0 Å². The van der Waals surface area contributed by atoms with Crippen molar-refractivity contribution in [2.45, 2.75) is 31.4 Å². The van der Waals surface area contributed by atoms with Crippen LogP contribution in [-0.4, -0.2) is 26.0 Å². The fraction of sp³-hybridized carbons (Fsp3) is 0.714. The lowest BCUT2D eigenvalue weighted by Gasteiger charge is -2.07. The van der Waals surface area contributed by atoms with E-state index in [0.717, 1.165) is 19.3 Å². The van der Waals surface area contributed by atoms with Gasteiger partial charge in [-0.2, -0.15) is 5.10 Å². The van der Waals surface area contributed by atoms with E-state index in [-0.39, 0.29) is 6.10 Å². The minimum atomic E-state index is -0.135. The van der Waals surface area contributed by atoms with E-state index in [0.29, 0.717) is 6.04 Å². The lowest BCUT2D eigenvalue weighted by Crippen LogP contribution is -2.07. The summed E-state index contributed by atoms with van der Waals surface area (Å²) >= 11 is 0. The van der Waals surface area contributed by atoms with E-state index in [2.05, 4.69) is 10.1 Å². The highest BCUT2D eigenvalue weighted by atomic mass is 16.3. The molecule has 4 nitrogen and oxygen atoms in total. The molecule has 4 heteroatoms. The van der Waals surface area contributed by atoms with Crippen LogP contribution in [0.25, 0.3) is 0 Å². The third-order valence-corrected chi connectivity index (χ3v) is 2.19. The predicted octanol–water partition coefficient (Wildman–Crippen LogP) is 0.364. The molecule has 0 bridgehead atoms. The average molecular weight is 153 g/mol. The Morgan fingerprint density at radius 3 is 2.91 bits per heavy atom. The standard InChI is InChI=1S/C7H11N3O/c11-7-2-1-6(3-7)10-5-8-4-9-10/h4-7,11H,1-3H2. The molecule has 1 fully saturated rings. The van der Waals surface area contributed by atoms with Crippen molar-refractivity contribution in [3.05, 3.63) is 12.7 Å². The number of hydrogen-bond acceptors (Lipinski definition) is 3. The molecule has 2 rings (SSSR count). The molecule has 1 N–H and O–H groups in total. The summed E-state index contributed by atoms with van der Waals surface area (Å²) in [6.45, 7) is 0. The zero-order valence-electron chi connectivity index (χ0n) is 6.22. The van der Waals surface area contributed by atoms with Crippen LogP contribution in [-0.2, 0) is 0 Å². The summed E-state index contributed by atoms with van der Waals surface area (Å²) in [4.78, 5) is 3.86. The van der Waals surface area contributed by atoms with Crippen LogP contribution >= 0.6 is 0 Å². The Morgan fingerprint density at radius 1 is 1.45 bits per heavy atom. The third-order valence-electron chi connectivity index (χ3n) is 2.19. The molecule has 0 aliphatic heterocycles. The van der Waals surface area contributed by atoms with Crippen LogP contribution in [0.1, 0.15) is 25.3 Å². The molecule has 0 saturated heterocycles. The number of aromatic nitrogens is 3. The molecule has 0 aromatic carbocycles. The molecule has 1 aliphatic carbocycles. The Hall–Kier alpha value is -0.900. The first-order chi connectivity index (χ1) is 5.36. The quantitative estimate of drug-likeness (QED) is 0.634. The van der Waals surface area contributed by atoms with E-state index >= 15 is 0 Å². The second-order valence-electron chi connectivity index (χ2n) is 3.00. The van der Waals surface area contributed by atoms with Gasteiger partial charge in [-0.25, -0.2) is 9.67 Å². The summed E-state index contributed by atoms with van der Waals surface area (Å²) in [5.74, 6) is 0. The van der Waals surface area contributed by atoms with E-state index in [1.54, 1.807) is 6.33 Å². The molecule has 1 saturated carbocycles. The molecule has 11 heavy (non-hydrogen) atoms. The van der Waals surface area contributed by atoms with Crippen molar-refractivity contribution in [2.24, 2.45) is 0 Å². The number of aliphatic hydroxyl groups excluding tert-OH is 1. The summed E-state index contributed by atoms with van der Waals surface area (Å²) < 4.78 is 1.83. The van der Waals surface area contributed by atoms with Gasteiger partial charge < -0.3 is 5.11 Å². The zero-order valence-corrected chi connectivity index (χ0v) is 6.22. The topological polar surface area (TPSA) is 50.9 Å². The summed E-state index contributed by atoms with van der Waals surface area (Å²) in [5.41, 5.74) is 0. The monoisotopic (exact) mass is 153 g/mol. The van der Waals surface area contributed by atoms with Crippen LogP contribution < -0.4 is 0 Å². The van der Waals surface area contributed by atoms with E-state index < -0.39 is 0 Å². The molecule has 0 spiro atoms. The highest BCUT2D eigenvalue weighted by molar-refractivity contribution is 4.79. The van der Waals surface area contributed by atoms with Gasteiger partial charge in [0.1, 0.15) is 12.7 Å². The van der Waals surface area contributed by atoms with Gasteiger partial charge in [0.05, 0.1) is 12.1 Å². The van der Waals surface area contributed by atoms with E-state index in [1.165, 1.54) is 6.33 Å². The van der Waals surface area contributed by atoms with Gasteiger partial charge in [0.2, 0.25) is 0 Å². The first-order valence-electron chi connectivity index (χ1n) is 3.88. The molecule has 1 heterocycles. The van der Waals surface area contributed by atoms with E-state index in [4.69, 9.17) is 0 Å². The Balaban J connectivity index is 2.08. The minimum Gasteiger partial charge on any atom is -0.393 e. The van der Waals surface area contributed by atoms with E-state index in [9.17, 15) is 5.11 Å². The van der Waals surface area contributed by atoms with Gasteiger partial charge in [0.15, 0.2) is 0 Å². The molecule has 60 valence electrons. The molecule has 0 amide bonds. The number of nitrogens with zero attached hydrogens (tertiary/aromatic N) is 3. The van der Waals surface area contributed by atoms with Crippen molar-refractivity contribution < 1.29 is 5.11 Å². The average Bonchev–Trinajstić information content (AvgIpc) is 2.55. The number of rotatable bonds is 1. The second-order valence-corrected chi connectivity index (χ2v) is 3.00. The van der Waals surface area contributed by atoms with Crippen molar-refractivity contribution in [1.29, 1.82) is 0 Å². The molecular weight excluding hydrogens is 142 g/mol. The van der Waals surface area contributed by atoms with Crippen molar-refractivity contribution in [3.8, 4) is 0 Å². The second kappa shape index (κ2) is 2.62. The Bertz CT molecular complexity index is 222. The largest absolute Gasteiger partial charge is 0.393 e. The smallest absolute Gasteiger partial charge is 0.137 e. The van der Waals surface area contributed by atoms with E-state index in [1.807, 2.05) is 4.68 Å². The van der Waals surface area contributed by atoms with Crippen molar-refractivity contribution in [3.63, 3.8) is 0 Å². The molecule has 2 atom stereocenters. The molecule has 1 aliphatic rings. The first-order valence-corrected chi connectivity index (χ1v) is 3.88. The van der Waals surface area contributed by atoms with Gasteiger partial charge in [0, 0.05) is 0 Å². The number of hydrogen-bond donors (Lipinski definition) is 1. The van der Waals surface area contributed by atoms with Crippen LogP contribution in [0.15, 0.2) is 12.7 Å². The normalized spacial score (nSPS) is 31.0. The zero-order chi connectivity index (χ0) is 7.68. The van der Waals surface area contributed by atoms with Gasteiger partial charge in [-0.05, 0) is 19.3 Å². The van der Waals surface area contributed by atoms with Gasteiger partial charge in [-0.1, -0.05) is 0 Å². The highest BCUT2D eigenvalue weighted by Crippen LogP contribution is 2.28. The van der Waals surface area contributed by atoms with Crippen LogP contribution in [0.5, 0.6) is 0 Å². The third kappa shape index (κ3) is 1.26. The fourth-order valence-electron chi connectivity index (χ4n) is 1.58.